The molecule has 0 unspecified atom stereocenters. The minimum absolute atomic E-state index is 0.0400. The number of pyridine rings is 2. The fraction of sp³-hybridized carbons (Fsp3) is 0.190. The third kappa shape index (κ3) is 3.24. The summed E-state index contributed by atoms with van der Waals surface area (Å²) in [7, 11) is 0. The van der Waals surface area contributed by atoms with E-state index >= 15 is 0 Å². The molecule has 8 nitrogen and oxygen atoms in total. The van der Waals surface area contributed by atoms with Crippen LogP contribution < -0.4 is 15.8 Å². The van der Waals surface area contributed by atoms with E-state index in [1.54, 1.807) is 13.0 Å². The molecular formula is C21H18FN7O. The van der Waals surface area contributed by atoms with Crippen molar-refractivity contribution in [1.82, 2.24) is 24.6 Å². The lowest BCUT2D eigenvalue weighted by Crippen LogP contribution is -2.33. The Hall–Kier alpha value is -3.88. The highest BCUT2D eigenvalue weighted by molar-refractivity contribution is 5.61. The molecule has 0 saturated heterocycles. The maximum atomic E-state index is 14.0. The molecule has 1 aliphatic rings. The summed E-state index contributed by atoms with van der Waals surface area (Å²) in [6.45, 7) is -2.98. The quantitative estimate of drug-likeness (QED) is 0.558. The summed E-state index contributed by atoms with van der Waals surface area (Å²) in [4.78, 5) is 25.3. The number of anilines is 3. The molecule has 4 aromatic rings. The van der Waals surface area contributed by atoms with Crippen molar-refractivity contribution < 1.29 is 9.87 Å². The molecule has 150 valence electrons. The Bertz CT molecular complexity index is 1490. The number of hydrogen-bond acceptors (Lipinski definition) is 7. The van der Waals surface area contributed by atoms with Gasteiger partial charge in [0, 0.05) is 46.3 Å². The molecule has 0 amide bonds. The van der Waals surface area contributed by atoms with Crippen LogP contribution in [-0.2, 0) is 12.9 Å². The van der Waals surface area contributed by atoms with Crippen molar-refractivity contribution >= 4 is 22.8 Å². The average molecular weight is 407 g/mol. The van der Waals surface area contributed by atoms with Gasteiger partial charge in [0.25, 0.3) is 5.56 Å². The third-order valence-electron chi connectivity index (χ3n) is 4.61. The zero-order valence-electron chi connectivity index (χ0n) is 19.8. The normalized spacial score (nSPS) is 18.7. The first kappa shape index (κ1) is 14.2. The Morgan fingerprint density at radius 2 is 2.10 bits per heavy atom. The topological polar surface area (TPSA) is 88.3 Å². The molecule has 1 N–H and O–H groups in total. The number of nitrogens with zero attached hydrogens (tertiary/aromatic N) is 6. The molecular weight excluding hydrogens is 385 g/mol. The van der Waals surface area contributed by atoms with Crippen molar-refractivity contribution in [3.05, 3.63) is 82.0 Å². The Morgan fingerprint density at radius 1 is 1.20 bits per heavy atom. The molecule has 0 spiro atoms. The molecule has 0 fully saturated rings. The number of aryl methyl sites for hydroxylation is 2. The Morgan fingerprint density at radius 3 is 2.97 bits per heavy atom. The zero-order valence-corrected chi connectivity index (χ0v) is 15.8. The SMILES string of the molecule is [2H]C1([2H])Cc2ncc(Nc3ccncc3F)cc2C([2H])([2H])N1c1nn2c(=O)ccnc2cc1C. The van der Waals surface area contributed by atoms with Crippen molar-refractivity contribution in [2.24, 2.45) is 0 Å². The molecule has 0 aromatic carbocycles. The molecule has 5 rings (SSSR count). The van der Waals surface area contributed by atoms with E-state index in [9.17, 15) is 9.18 Å². The van der Waals surface area contributed by atoms with E-state index in [0.29, 0.717) is 11.3 Å². The van der Waals surface area contributed by atoms with Gasteiger partial charge in [-0.05, 0) is 36.2 Å². The van der Waals surface area contributed by atoms with Gasteiger partial charge in [-0.15, -0.1) is 5.10 Å². The smallest absolute Gasteiger partial charge is 0.274 e. The van der Waals surface area contributed by atoms with Gasteiger partial charge < -0.3 is 10.2 Å². The van der Waals surface area contributed by atoms with Gasteiger partial charge in [0.1, 0.15) is 0 Å². The van der Waals surface area contributed by atoms with Crippen LogP contribution in [0.4, 0.5) is 21.6 Å². The van der Waals surface area contributed by atoms with Gasteiger partial charge in [-0.1, -0.05) is 0 Å². The third-order valence-corrected chi connectivity index (χ3v) is 4.61. The summed E-state index contributed by atoms with van der Waals surface area (Å²) in [5.74, 6) is -0.627. The van der Waals surface area contributed by atoms with Crippen LogP contribution in [0.1, 0.15) is 22.3 Å². The number of fused-ring (bicyclic) bond motifs is 2. The largest absolute Gasteiger partial charge is 0.352 e. The van der Waals surface area contributed by atoms with E-state index < -0.39 is 24.4 Å². The summed E-state index contributed by atoms with van der Waals surface area (Å²) in [6.07, 6.45) is 4.98. The maximum absolute atomic E-state index is 14.0. The zero-order chi connectivity index (χ0) is 24.3. The lowest BCUT2D eigenvalue weighted by Gasteiger charge is -2.30. The molecule has 0 radical (unpaired) electrons. The summed E-state index contributed by atoms with van der Waals surface area (Å²) in [6, 6.07) is 5.67. The second-order valence-corrected chi connectivity index (χ2v) is 6.68. The van der Waals surface area contributed by atoms with Crippen LogP contribution in [0.15, 0.2) is 53.8 Å². The molecule has 0 saturated carbocycles. The lowest BCUT2D eigenvalue weighted by molar-refractivity contribution is 0.625. The van der Waals surface area contributed by atoms with Crippen LogP contribution >= 0.6 is 0 Å². The van der Waals surface area contributed by atoms with Crippen LogP contribution in [0.5, 0.6) is 0 Å². The molecule has 0 bridgehead atoms. The van der Waals surface area contributed by atoms with Crippen LogP contribution in [0, 0.1) is 12.7 Å². The predicted octanol–water partition coefficient (Wildman–Crippen LogP) is 2.63. The van der Waals surface area contributed by atoms with Gasteiger partial charge in [-0.3, -0.25) is 14.8 Å². The molecule has 4 aromatic heterocycles. The van der Waals surface area contributed by atoms with Crippen LogP contribution in [-0.4, -0.2) is 31.1 Å². The highest BCUT2D eigenvalue weighted by atomic mass is 19.1. The Balaban J connectivity index is 1.64. The van der Waals surface area contributed by atoms with Crippen molar-refractivity contribution in [1.29, 1.82) is 0 Å². The summed E-state index contributed by atoms with van der Waals surface area (Å²) < 4.78 is 50.1. The van der Waals surface area contributed by atoms with E-state index in [-0.39, 0.29) is 34.8 Å². The fourth-order valence-corrected chi connectivity index (χ4v) is 3.14. The Kier molecular flexibility index (Phi) is 3.39. The second kappa shape index (κ2) is 7.18. The van der Waals surface area contributed by atoms with E-state index in [1.165, 1.54) is 36.8 Å². The minimum Gasteiger partial charge on any atom is -0.352 e. The average Bonchev–Trinajstić information content (AvgIpc) is 2.76. The van der Waals surface area contributed by atoms with E-state index in [0.717, 1.165) is 15.6 Å². The molecule has 0 aliphatic carbocycles. The predicted molar refractivity (Wildman–Crippen MR) is 110 cm³/mol. The molecule has 5 heterocycles. The molecule has 0 atom stereocenters. The number of nitrogens with one attached hydrogen (secondary N) is 1. The van der Waals surface area contributed by atoms with Gasteiger partial charge in [0.15, 0.2) is 17.3 Å². The lowest BCUT2D eigenvalue weighted by atomic mass is 10.0. The fourth-order valence-electron chi connectivity index (χ4n) is 3.14. The van der Waals surface area contributed by atoms with Crippen LogP contribution in [0.2, 0.25) is 0 Å². The molecule has 1 aliphatic heterocycles. The number of halogens is 1. The Labute approximate surface area is 176 Å². The first-order chi connectivity index (χ1) is 16.1. The van der Waals surface area contributed by atoms with Crippen molar-refractivity contribution in [2.75, 3.05) is 16.7 Å². The van der Waals surface area contributed by atoms with Gasteiger partial charge in [0.2, 0.25) is 0 Å². The highest BCUT2D eigenvalue weighted by Gasteiger charge is 2.21. The van der Waals surface area contributed by atoms with Crippen molar-refractivity contribution in [3.63, 3.8) is 0 Å². The number of aromatic nitrogens is 5. The van der Waals surface area contributed by atoms with Gasteiger partial charge >= 0.3 is 0 Å². The molecule has 30 heavy (non-hydrogen) atoms. The van der Waals surface area contributed by atoms with Crippen LogP contribution in [0.25, 0.3) is 5.65 Å². The summed E-state index contributed by atoms with van der Waals surface area (Å²) >= 11 is 0. The summed E-state index contributed by atoms with van der Waals surface area (Å²) in [5, 5.41) is 7.11. The summed E-state index contributed by atoms with van der Waals surface area (Å²) in [5.41, 5.74) is 1.01. The molecule has 9 heteroatoms. The van der Waals surface area contributed by atoms with E-state index in [4.69, 9.17) is 5.48 Å². The minimum atomic E-state index is -2.41. The van der Waals surface area contributed by atoms with Crippen LogP contribution in [0.3, 0.4) is 0 Å². The monoisotopic (exact) mass is 407 g/mol. The van der Waals surface area contributed by atoms with Gasteiger partial charge in [-0.25, -0.2) is 9.37 Å². The highest BCUT2D eigenvalue weighted by Crippen LogP contribution is 2.27. The van der Waals surface area contributed by atoms with E-state index in [2.05, 4.69) is 25.4 Å². The first-order valence-electron chi connectivity index (χ1n) is 11.1. The standard InChI is InChI=1S/C21H18FN7O/c1-13-8-19-24-6-3-20(30)29(19)27-21(13)28-7-4-17-14(12-28)9-15(10-25-17)26-18-2-5-23-11-16(18)22/h2-3,5-6,8-11H,4,7,12H2,1H3,(H,23,26)/i7D2,12D2. The van der Waals surface area contributed by atoms with Crippen molar-refractivity contribution in [3.8, 4) is 0 Å². The van der Waals surface area contributed by atoms with Gasteiger partial charge in [0.05, 0.1) is 26.5 Å². The van der Waals surface area contributed by atoms with E-state index in [1.807, 2.05) is 0 Å². The first-order valence-corrected chi connectivity index (χ1v) is 9.10. The van der Waals surface area contributed by atoms with Gasteiger partial charge in [-0.2, -0.15) is 4.52 Å². The second-order valence-electron chi connectivity index (χ2n) is 6.68. The number of rotatable bonds is 3. The van der Waals surface area contributed by atoms with Crippen molar-refractivity contribution in [2.45, 2.75) is 19.8 Å². The number of hydrogen-bond donors (Lipinski definition) is 1. The maximum Gasteiger partial charge on any atom is 0.274 e.